The average Bonchev–Trinajstić information content (AvgIpc) is 2.41. The van der Waals surface area contributed by atoms with E-state index in [9.17, 15) is 0 Å². The third-order valence-electron chi connectivity index (χ3n) is 3.51. The third kappa shape index (κ3) is 2.35. The highest BCUT2D eigenvalue weighted by Crippen LogP contribution is 2.26. The van der Waals surface area contributed by atoms with Crippen LogP contribution in [0.1, 0.15) is 29.8 Å². The van der Waals surface area contributed by atoms with Crippen molar-refractivity contribution in [2.75, 3.05) is 11.9 Å². The molecule has 0 N–H and O–H groups in total. The number of nitrogens with zero attached hydrogens (tertiary/aromatic N) is 3. The quantitative estimate of drug-likeness (QED) is 0.825. The van der Waals surface area contributed by atoms with E-state index >= 15 is 0 Å². The summed E-state index contributed by atoms with van der Waals surface area (Å²) >= 11 is 0. The van der Waals surface area contributed by atoms with Crippen LogP contribution in [0.4, 0.5) is 5.82 Å². The Morgan fingerprint density at radius 1 is 1.06 bits per heavy atom. The van der Waals surface area contributed by atoms with Gasteiger partial charge in [-0.25, -0.2) is 9.97 Å². The molecule has 1 aromatic carbocycles. The van der Waals surface area contributed by atoms with Gasteiger partial charge >= 0.3 is 0 Å². The Balaban J connectivity index is 2.31. The molecule has 3 nitrogen and oxygen atoms in total. The Labute approximate surface area is 109 Å². The molecular formula is C15H19N3. The molecule has 1 atom stereocenters. The van der Waals surface area contributed by atoms with Gasteiger partial charge in [0.15, 0.2) is 0 Å². The van der Waals surface area contributed by atoms with Crippen LogP contribution in [0.2, 0.25) is 0 Å². The number of anilines is 1. The van der Waals surface area contributed by atoms with Crippen molar-refractivity contribution in [1.82, 2.24) is 9.97 Å². The van der Waals surface area contributed by atoms with E-state index < -0.39 is 0 Å². The van der Waals surface area contributed by atoms with Crippen molar-refractivity contribution < 1.29 is 0 Å². The summed E-state index contributed by atoms with van der Waals surface area (Å²) in [5.41, 5.74) is 3.46. The predicted molar refractivity (Wildman–Crippen MR) is 74.8 cm³/mol. The minimum absolute atomic E-state index is 0.291. The monoisotopic (exact) mass is 241 g/mol. The molecule has 1 heterocycles. The van der Waals surface area contributed by atoms with Crippen LogP contribution in [0.25, 0.3) is 0 Å². The highest BCUT2D eigenvalue weighted by atomic mass is 15.2. The van der Waals surface area contributed by atoms with Gasteiger partial charge in [0.2, 0.25) is 0 Å². The van der Waals surface area contributed by atoms with Crippen molar-refractivity contribution in [2.45, 2.75) is 26.8 Å². The Kier molecular flexibility index (Phi) is 3.60. The predicted octanol–water partition coefficient (Wildman–Crippen LogP) is 3.29. The molecule has 1 aromatic heterocycles. The molecule has 0 aliphatic rings. The maximum Gasteiger partial charge on any atom is 0.135 e. The molecule has 1 unspecified atom stereocenters. The van der Waals surface area contributed by atoms with Gasteiger partial charge in [0, 0.05) is 18.3 Å². The van der Waals surface area contributed by atoms with E-state index in [1.54, 1.807) is 6.33 Å². The molecule has 0 aliphatic heterocycles. The molecule has 0 radical (unpaired) electrons. The van der Waals surface area contributed by atoms with Crippen LogP contribution in [-0.2, 0) is 0 Å². The first kappa shape index (κ1) is 12.6. The van der Waals surface area contributed by atoms with Gasteiger partial charge in [-0.1, -0.05) is 30.3 Å². The van der Waals surface area contributed by atoms with Crippen molar-refractivity contribution in [3.63, 3.8) is 0 Å². The minimum Gasteiger partial charge on any atom is -0.353 e. The molecule has 94 valence electrons. The van der Waals surface area contributed by atoms with E-state index in [0.29, 0.717) is 6.04 Å². The molecule has 2 aromatic rings. The molecule has 0 fully saturated rings. The van der Waals surface area contributed by atoms with Crippen LogP contribution in [0, 0.1) is 13.8 Å². The zero-order valence-corrected chi connectivity index (χ0v) is 11.4. The van der Waals surface area contributed by atoms with Crippen molar-refractivity contribution >= 4 is 5.82 Å². The Morgan fingerprint density at radius 3 is 2.39 bits per heavy atom. The van der Waals surface area contributed by atoms with E-state index in [1.165, 1.54) is 5.56 Å². The number of hydrogen-bond donors (Lipinski definition) is 0. The first-order chi connectivity index (χ1) is 8.61. The largest absolute Gasteiger partial charge is 0.353 e. The van der Waals surface area contributed by atoms with E-state index in [-0.39, 0.29) is 0 Å². The molecule has 18 heavy (non-hydrogen) atoms. The summed E-state index contributed by atoms with van der Waals surface area (Å²) in [7, 11) is 2.08. The number of rotatable bonds is 3. The first-order valence-corrected chi connectivity index (χ1v) is 6.17. The fourth-order valence-electron chi connectivity index (χ4n) is 2.02. The van der Waals surface area contributed by atoms with Gasteiger partial charge in [-0.3, -0.25) is 0 Å². The van der Waals surface area contributed by atoms with E-state index in [0.717, 1.165) is 17.1 Å². The van der Waals surface area contributed by atoms with Crippen LogP contribution in [0.15, 0.2) is 36.7 Å². The fourth-order valence-corrected chi connectivity index (χ4v) is 2.02. The summed E-state index contributed by atoms with van der Waals surface area (Å²) < 4.78 is 0. The Hall–Kier alpha value is -1.90. The number of aromatic nitrogens is 2. The lowest BCUT2D eigenvalue weighted by Crippen LogP contribution is -2.23. The topological polar surface area (TPSA) is 29.0 Å². The fraction of sp³-hybridized carbons (Fsp3) is 0.333. The summed E-state index contributed by atoms with van der Waals surface area (Å²) in [6.07, 6.45) is 1.63. The lowest BCUT2D eigenvalue weighted by atomic mass is 10.1. The Morgan fingerprint density at radius 2 is 1.72 bits per heavy atom. The van der Waals surface area contributed by atoms with Gasteiger partial charge in [0.05, 0.1) is 6.04 Å². The van der Waals surface area contributed by atoms with Crippen molar-refractivity contribution in [1.29, 1.82) is 0 Å². The minimum atomic E-state index is 0.291. The van der Waals surface area contributed by atoms with Gasteiger partial charge in [0.1, 0.15) is 12.1 Å². The van der Waals surface area contributed by atoms with Crippen molar-refractivity contribution in [3.05, 3.63) is 53.5 Å². The molecule has 3 heteroatoms. The molecule has 0 amide bonds. The molecule has 0 saturated heterocycles. The van der Waals surface area contributed by atoms with Crippen LogP contribution in [0.5, 0.6) is 0 Å². The first-order valence-electron chi connectivity index (χ1n) is 6.17. The van der Waals surface area contributed by atoms with Crippen molar-refractivity contribution in [2.24, 2.45) is 0 Å². The molecule has 2 rings (SSSR count). The standard InChI is InChI=1S/C15H19N3/c1-11-12(2)16-10-17-15(11)18(4)13(3)14-8-6-5-7-9-14/h5-10,13H,1-4H3. The molecular weight excluding hydrogens is 222 g/mol. The summed E-state index contributed by atoms with van der Waals surface area (Å²) in [5, 5.41) is 0. The van der Waals surface area contributed by atoms with Gasteiger partial charge in [-0.05, 0) is 26.3 Å². The summed E-state index contributed by atoms with van der Waals surface area (Å²) in [6, 6.07) is 10.8. The number of hydrogen-bond acceptors (Lipinski definition) is 3. The second-order valence-electron chi connectivity index (χ2n) is 4.61. The van der Waals surface area contributed by atoms with Gasteiger partial charge in [0.25, 0.3) is 0 Å². The van der Waals surface area contributed by atoms with E-state index in [2.05, 4.69) is 60.0 Å². The third-order valence-corrected chi connectivity index (χ3v) is 3.51. The normalized spacial score (nSPS) is 12.2. The lowest BCUT2D eigenvalue weighted by molar-refractivity contribution is 0.722. The maximum atomic E-state index is 4.40. The van der Waals surface area contributed by atoms with Crippen LogP contribution < -0.4 is 4.90 Å². The smallest absolute Gasteiger partial charge is 0.135 e. The molecule has 0 spiro atoms. The number of aryl methyl sites for hydroxylation is 1. The highest BCUT2D eigenvalue weighted by molar-refractivity contribution is 5.48. The van der Waals surface area contributed by atoms with Gasteiger partial charge in [-0.15, -0.1) is 0 Å². The summed E-state index contributed by atoms with van der Waals surface area (Å²) in [5.74, 6) is 0.999. The van der Waals surface area contributed by atoms with E-state index in [4.69, 9.17) is 0 Å². The SMILES string of the molecule is Cc1ncnc(N(C)C(C)c2ccccc2)c1C. The number of benzene rings is 1. The second-order valence-corrected chi connectivity index (χ2v) is 4.61. The molecule has 0 bridgehead atoms. The van der Waals surface area contributed by atoms with Gasteiger partial charge < -0.3 is 4.90 Å². The second kappa shape index (κ2) is 5.17. The maximum absolute atomic E-state index is 4.40. The van der Waals surface area contributed by atoms with Gasteiger partial charge in [-0.2, -0.15) is 0 Å². The lowest BCUT2D eigenvalue weighted by Gasteiger charge is -2.27. The zero-order valence-electron chi connectivity index (χ0n) is 11.4. The summed E-state index contributed by atoms with van der Waals surface area (Å²) in [6.45, 7) is 6.27. The summed E-state index contributed by atoms with van der Waals surface area (Å²) in [4.78, 5) is 10.8. The molecule has 0 saturated carbocycles. The van der Waals surface area contributed by atoms with Crippen molar-refractivity contribution in [3.8, 4) is 0 Å². The van der Waals surface area contributed by atoms with Crippen LogP contribution in [-0.4, -0.2) is 17.0 Å². The Bertz CT molecular complexity index is 523. The zero-order chi connectivity index (χ0) is 13.1. The highest BCUT2D eigenvalue weighted by Gasteiger charge is 2.15. The van der Waals surface area contributed by atoms with Crippen LogP contribution in [0.3, 0.4) is 0 Å². The van der Waals surface area contributed by atoms with E-state index in [1.807, 2.05) is 13.0 Å². The van der Waals surface area contributed by atoms with Crippen LogP contribution >= 0.6 is 0 Å². The molecule has 0 aliphatic carbocycles. The average molecular weight is 241 g/mol.